The van der Waals surface area contributed by atoms with E-state index in [4.69, 9.17) is 4.74 Å². The number of carbonyl (C=O) groups excluding carboxylic acids is 1. The van der Waals surface area contributed by atoms with Gasteiger partial charge in [0.15, 0.2) is 0 Å². The van der Waals surface area contributed by atoms with E-state index >= 15 is 0 Å². The summed E-state index contributed by atoms with van der Waals surface area (Å²) in [6.45, 7) is 3.70. The number of benzene rings is 1. The topological polar surface area (TPSA) is 38.3 Å². The number of hydrogen-bond acceptors (Lipinski definition) is 2. The van der Waals surface area contributed by atoms with Crippen molar-refractivity contribution in [3.8, 4) is 0 Å². The lowest BCUT2D eigenvalue weighted by molar-refractivity contribution is 0.0238. The Kier molecular flexibility index (Phi) is 4.75. The van der Waals surface area contributed by atoms with Crippen LogP contribution in [0.2, 0.25) is 0 Å². The summed E-state index contributed by atoms with van der Waals surface area (Å²) in [5, 5.41) is 2.62. The molecule has 0 atom stereocenters. The van der Waals surface area contributed by atoms with Crippen molar-refractivity contribution in [3.63, 3.8) is 0 Å². The summed E-state index contributed by atoms with van der Waals surface area (Å²) >= 11 is 2.98. The van der Waals surface area contributed by atoms with Crippen molar-refractivity contribution in [2.75, 3.05) is 19.8 Å². The van der Waals surface area contributed by atoms with Gasteiger partial charge in [0, 0.05) is 24.2 Å². The summed E-state index contributed by atoms with van der Waals surface area (Å²) < 4.78 is 32.9. The minimum Gasteiger partial charge on any atom is -0.381 e. The third kappa shape index (κ3) is 3.55. The average Bonchev–Trinajstić information content (AvgIpc) is 2.36. The highest BCUT2D eigenvalue weighted by molar-refractivity contribution is 9.10. The van der Waals surface area contributed by atoms with Gasteiger partial charge in [-0.1, -0.05) is 22.9 Å². The number of carbonyl (C=O) groups is 1. The van der Waals surface area contributed by atoms with E-state index in [1.807, 2.05) is 6.92 Å². The third-order valence-corrected chi connectivity index (χ3v) is 4.07. The molecule has 1 N–H and O–H groups in total. The maximum Gasteiger partial charge on any atom is 0.257 e. The number of ether oxygens (including phenoxy) is 1. The molecule has 0 unspecified atom stereocenters. The molecule has 1 fully saturated rings. The molecule has 1 saturated heterocycles. The zero-order valence-corrected chi connectivity index (χ0v) is 12.7. The fourth-order valence-electron chi connectivity index (χ4n) is 2.18. The lowest BCUT2D eigenvalue weighted by Gasteiger charge is -2.33. The molecule has 1 heterocycles. The van der Waals surface area contributed by atoms with Crippen LogP contribution in [-0.4, -0.2) is 25.7 Å². The van der Waals surface area contributed by atoms with Crippen LogP contribution < -0.4 is 5.32 Å². The maximum atomic E-state index is 13.7. The molecule has 1 aliphatic rings. The van der Waals surface area contributed by atoms with Crippen molar-refractivity contribution >= 4 is 21.8 Å². The van der Waals surface area contributed by atoms with Crippen LogP contribution in [0.3, 0.4) is 0 Å². The van der Waals surface area contributed by atoms with Gasteiger partial charge in [-0.15, -0.1) is 0 Å². The highest BCUT2D eigenvalue weighted by Crippen LogP contribution is 2.29. The second-order valence-electron chi connectivity index (χ2n) is 5.35. The first-order chi connectivity index (χ1) is 9.41. The molecule has 1 aromatic rings. The molecule has 1 amide bonds. The van der Waals surface area contributed by atoms with Gasteiger partial charge in [-0.25, -0.2) is 8.78 Å². The fraction of sp³-hybridized carbons (Fsp3) is 0.500. The third-order valence-electron chi connectivity index (χ3n) is 3.61. The van der Waals surface area contributed by atoms with E-state index in [-0.39, 0.29) is 9.89 Å². The van der Waals surface area contributed by atoms with Crippen molar-refractivity contribution < 1.29 is 18.3 Å². The van der Waals surface area contributed by atoms with Crippen LogP contribution in [0.25, 0.3) is 0 Å². The second kappa shape index (κ2) is 6.18. The summed E-state index contributed by atoms with van der Waals surface area (Å²) in [5.74, 6) is -2.46. The molecule has 0 radical (unpaired) electrons. The van der Waals surface area contributed by atoms with Crippen LogP contribution in [0.5, 0.6) is 0 Å². The summed E-state index contributed by atoms with van der Waals surface area (Å²) in [6.07, 6.45) is 1.64. The van der Waals surface area contributed by atoms with Gasteiger partial charge >= 0.3 is 0 Å². The molecule has 1 aliphatic heterocycles. The first-order valence-corrected chi connectivity index (χ1v) is 7.21. The predicted molar refractivity (Wildman–Crippen MR) is 74.6 cm³/mol. The molecule has 2 rings (SSSR count). The largest absolute Gasteiger partial charge is 0.381 e. The standard InChI is InChI=1S/C14H16BrF2NO2/c1-14(2-4-20-5-3-14)8-18-13(19)12-10(16)6-9(15)7-11(12)17/h6-7H,2-5,8H2,1H3,(H,18,19). The lowest BCUT2D eigenvalue weighted by Crippen LogP contribution is -2.39. The maximum absolute atomic E-state index is 13.7. The summed E-state index contributed by atoms with van der Waals surface area (Å²) in [4.78, 5) is 11.9. The van der Waals surface area contributed by atoms with Crippen molar-refractivity contribution in [2.45, 2.75) is 19.8 Å². The Morgan fingerprint density at radius 2 is 1.90 bits per heavy atom. The first kappa shape index (κ1) is 15.4. The van der Waals surface area contributed by atoms with E-state index < -0.39 is 23.1 Å². The van der Waals surface area contributed by atoms with Crippen LogP contribution in [0.1, 0.15) is 30.1 Å². The van der Waals surface area contributed by atoms with E-state index in [0.717, 1.165) is 25.0 Å². The molecule has 0 spiro atoms. The van der Waals surface area contributed by atoms with Gasteiger partial charge in [0.05, 0.1) is 0 Å². The minimum absolute atomic E-state index is 0.0871. The van der Waals surface area contributed by atoms with Gasteiger partial charge in [-0.05, 0) is 30.4 Å². The first-order valence-electron chi connectivity index (χ1n) is 6.42. The molecule has 20 heavy (non-hydrogen) atoms. The number of rotatable bonds is 3. The van der Waals surface area contributed by atoms with E-state index in [9.17, 15) is 13.6 Å². The van der Waals surface area contributed by atoms with Crippen molar-refractivity contribution in [1.82, 2.24) is 5.32 Å². The summed E-state index contributed by atoms with van der Waals surface area (Å²) in [7, 11) is 0. The van der Waals surface area contributed by atoms with Crippen molar-refractivity contribution in [2.24, 2.45) is 5.41 Å². The molecule has 0 bridgehead atoms. The van der Waals surface area contributed by atoms with Crippen LogP contribution >= 0.6 is 15.9 Å². The average molecular weight is 348 g/mol. The van der Waals surface area contributed by atoms with Gasteiger partial charge in [-0.2, -0.15) is 0 Å². The number of hydrogen-bond donors (Lipinski definition) is 1. The smallest absolute Gasteiger partial charge is 0.257 e. The van der Waals surface area contributed by atoms with E-state index in [1.54, 1.807) is 0 Å². The molecule has 0 aliphatic carbocycles. The molecule has 0 aromatic heterocycles. The Balaban J connectivity index is 2.05. The summed E-state index contributed by atoms with van der Waals surface area (Å²) in [5.41, 5.74) is -0.625. The monoisotopic (exact) mass is 347 g/mol. The lowest BCUT2D eigenvalue weighted by atomic mass is 9.82. The molecular weight excluding hydrogens is 332 g/mol. The Bertz CT molecular complexity index is 493. The number of nitrogens with one attached hydrogen (secondary N) is 1. The number of halogens is 3. The van der Waals surface area contributed by atoms with E-state index in [2.05, 4.69) is 21.2 Å². The highest BCUT2D eigenvalue weighted by Gasteiger charge is 2.28. The van der Waals surface area contributed by atoms with Gasteiger partial charge in [-0.3, -0.25) is 4.79 Å². The molecular formula is C14H16BrF2NO2. The number of amides is 1. The van der Waals surface area contributed by atoms with Crippen LogP contribution in [0.4, 0.5) is 8.78 Å². The Morgan fingerprint density at radius 3 is 2.45 bits per heavy atom. The zero-order valence-electron chi connectivity index (χ0n) is 11.1. The van der Waals surface area contributed by atoms with E-state index in [1.165, 1.54) is 0 Å². The molecule has 110 valence electrons. The summed E-state index contributed by atoms with van der Waals surface area (Å²) in [6, 6.07) is 2.16. The second-order valence-corrected chi connectivity index (χ2v) is 6.27. The normalized spacial score (nSPS) is 17.8. The zero-order chi connectivity index (χ0) is 14.8. The van der Waals surface area contributed by atoms with Crippen molar-refractivity contribution in [1.29, 1.82) is 0 Å². The van der Waals surface area contributed by atoms with Crippen LogP contribution in [-0.2, 0) is 4.74 Å². The molecule has 0 saturated carbocycles. The quantitative estimate of drug-likeness (QED) is 0.911. The predicted octanol–water partition coefficient (Wildman–Crippen LogP) is 3.27. The fourth-order valence-corrected chi connectivity index (χ4v) is 2.58. The van der Waals surface area contributed by atoms with Gasteiger partial charge in [0.2, 0.25) is 0 Å². The molecule has 3 nitrogen and oxygen atoms in total. The molecule has 1 aromatic carbocycles. The highest BCUT2D eigenvalue weighted by atomic mass is 79.9. The Morgan fingerprint density at radius 1 is 1.35 bits per heavy atom. The van der Waals surface area contributed by atoms with Crippen LogP contribution in [0.15, 0.2) is 16.6 Å². The Hall–Kier alpha value is -1.01. The van der Waals surface area contributed by atoms with Gasteiger partial charge in [0.1, 0.15) is 17.2 Å². The minimum atomic E-state index is -0.869. The van der Waals surface area contributed by atoms with Crippen molar-refractivity contribution in [3.05, 3.63) is 33.8 Å². The van der Waals surface area contributed by atoms with Gasteiger partial charge < -0.3 is 10.1 Å². The van der Waals surface area contributed by atoms with Crippen LogP contribution in [0, 0.1) is 17.0 Å². The molecule has 6 heteroatoms. The Labute approximate surface area is 124 Å². The SMILES string of the molecule is CC1(CNC(=O)c2c(F)cc(Br)cc2F)CCOCC1. The van der Waals surface area contributed by atoms with Gasteiger partial charge in [0.25, 0.3) is 5.91 Å². The van der Waals surface area contributed by atoms with E-state index in [0.29, 0.717) is 19.8 Å².